The van der Waals surface area contributed by atoms with Crippen LogP contribution >= 0.6 is 0 Å². The smallest absolute Gasteiger partial charge is 0.0701 e. The van der Waals surface area contributed by atoms with Crippen LogP contribution in [-0.4, -0.2) is 64.6 Å². The third-order valence-electron chi connectivity index (χ3n) is 12.4. The van der Waals surface area contributed by atoms with E-state index < -0.39 is 0 Å². The number of aliphatic hydroxyl groups is 1. The highest BCUT2D eigenvalue weighted by molar-refractivity contribution is 5.25. The van der Waals surface area contributed by atoms with Gasteiger partial charge >= 0.3 is 0 Å². The molecule has 5 heteroatoms. The number of fused-ring (bicyclic) bond motifs is 5. The third-order valence-corrected chi connectivity index (χ3v) is 12.4. The first-order chi connectivity index (χ1) is 20.3. The quantitative estimate of drug-likeness (QED) is 0.122. The number of hydrogen-bond donors (Lipinski definition) is 1. The van der Waals surface area contributed by atoms with Gasteiger partial charge in [-0.25, -0.2) is 0 Å². The van der Waals surface area contributed by atoms with Crippen molar-refractivity contribution >= 4 is 0 Å². The maximum Gasteiger partial charge on any atom is 0.0701 e. The van der Waals surface area contributed by atoms with Crippen LogP contribution in [0.15, 0.2) is 11.6 Å². The summed E-state index contributed by atoms with van der Waals surface area (Å²) in [6.45, 7) is 17.5. The van der Waals surface area contributed by atoms with Crippen LogP contribution in [0.3, 0.4) is 0 Å². The predicted octanol–water partition coefficient (Wildman–Crippen LogP) is 8.09. The number of hydrogen-bond acceptors (Lipinski definition) is 5. The van der Waals surface area contributed by atoms with Gasteiger partial charge in [-0.05, 0) is 110 Å². The normalized spacial score (nSPS) is 35.0. The van der Waals surface area contributed by atoms with Crippen molar-refractivity contribution in [2.24, 2.45) is 52.3 Å². The molecule has 0 saturated heterocycles. The lowest BCUT2D eigenvalue weighted by molar-refractivity contribution is -0.0537. The van der Waals surface area contributed by atoms with E-state index in [1.807, 2.05) is 5.57 Å². The van der Waals surface area contributed by atoms with Crippen molar-refractivity contribution in [3.63, 3.8) is 0 Å². The third kappa shape index (κ3) is 8.62. The lowest BCUT2D eigenvalue weighted by Gasteiger charge is -2.58. The van der Waals surface area contributed by atoms with Crippen LogP contribution in [0.2, 0.25) is 0 Å². The molecule has 4 aliphatic carbocycles. The van der Waals surface area contributed by atoms with Gasteiger partial charge in [-0.3, -0.25) is 0 Å². The Morgan fingerprint density at radius 3 is 2.12 bits per heavy atom. The second-order valence-corrected chi connectivity index (χ2v) is 15.4. The molecule has 0 aliphatic heterocycles. The van der Waals surface area contributed by atoms with E-state index in [2.05, 4.69) is 40.7 Å². The van der Waals surface area contributed by atoms with E-state index in [-0.39, 0.29) is 6.61 Å². The Hall–Kier alpha value is -0.460. The van der Waals surface area contributed by atoms with Crippen LogP contribution in [0.4, 0.5) is 0 Å². The van der Waals surface area contributed by atoms with Crippen molar-refractivity contribution in [2.45, 2.75) is 112 Å². The van der Waals surface area contributed by atoms with Gasteiger partial charge in [0.1, 0.15) is 0 Å². The second-order valence-electron chi connectivity index (χ2n) is 15.4. The van der Waals surface area contributed by atoms with E-state index in [1.54, 1.807) is 0 Å². The minimum Gasteiger partial charge on any atom is -0.394 e. The standard InChI is InChI=1S/C37H66O5/c1-28(2)7-6-8-29(3)33-11-12-34-32-10-9-31-27-30(13-16-36(31,4)35(32)14-17-37(33,34)5)15-19-39-21-23-41-25-26-42-24-22-40-20-18-38/h9,28-30,32-35,38H,6-8,10-27H2,1-5H3/t29-,30+,32+,33-,34+,35+,36+,37-/m1/s1. The average molecular weight is 591 g/mol. The van der Waals surface area contributed by atoms with Gasteiger partial charge in [0.05, 0.1) is 52.9 Å². The van der Waals surface area contributed by atoms with Crippen LogP contribution in [0.1, 0.15) is 112 Å². The van der Waals surface area contributed by atoms with Crippen LogP contribution in [0.5, 0.6) is 0 Å². The van der Waals surface area contributed by atoms with Crippen molar-refractivity contribution in [1.82, 2.24) is 0 Å². The number of allylic oxidation sites excluding steroid dienone is 2. The Labute approximate surface area is 258 Å². The van der Waals surface area contributed by atoms with Crippen molar-refractivity contribution in [1.29, 1.82) is 0 Å². The molecule has 0 radical (unpaired) electrons. The fourth-order valence-electron chi connectivity index (χ4n) is 10.1. The van der Waals surface area contributed by atoms with Gasteiger partial charge in [0.15, 0.2) is 0 Å². The zero-order valence-corrected chi connectivity index (χ0v) is 28.0. The largest absolute Gasteiger partial charge is 0.394 e. The second kappa shape index (κ2) is 16.7. The molecule has 5 nitrogen and oxygen atoms in total. The van der Waals surface area contributed by atoms with Gasteiger partial charge < -0.3 is 24.1 Å². The van der Waals surface area contributed by atoms with Gasteiger partial charge in [-0.2, -0.15) is 0 Å². The summed E-state index contributed by atoms with van der Waals surface area (Å²) in [6, 6.07) is 0. The molecule has 244 valence electrons. The molecule has 4 aliphatic rings. The lowest BCUT2D eigenvalue weighted by atomic mass is 9.46. The Balaban J connectivity index is 1.16. The highest BCUT2D eigenvalue weighted by Gasteiger charge is 2.59. The number of aliphatic hydroxyl groups excluding tert-OH is 1. The van der Waals surface area contributed by atoms with Crippen LogP contribution in [-0.2, 0) is 18.9 Å². The first-order valence-corrected chi connectivity index (χ1v) is 17.9. The summed E-state index contributed by atoms with van der Waals surface area (Å²) in [6.07, 6.45) is 19.5. The van der Waals surface area contributed by atoms with Crippen LogP contribution in [0, 0.1) is 52.3 Å². The molecule has 0 amide bonds. The molecule has 0 aromatic carbocycles. The summed E-state index contributed by atoms with van der Waals surface area (Å²) in [4.78, 5) is 0. The zero-order valence-electron chi connectivity index (χ0n) is 28.0. The summed E-state index contributed by atoms with van der Waals surface area (Å²) in [7, 11) is 0. The molecule has 8 atom stereocenters. The molecule has 1 N–H and O–H groups in total. The molecular formula is C37H66O5. The lowest BCUT2D eigenvalue weighted by Crippen LogP contribution is -2.50. The fourth-order valence-corrected chi connectivity index (χ4v) is 10.1. The Morgan fingerprint density at radius 1 is 0.786 bits per heavy atom. The molecular weight excluding hydrogens is 524 g/mol. The molecule has 0 unspecified atom stereocenters. The minimum atomic E-state index is 0.0563. The zero-order chi connectivity index (χ0) is 30.0. The SMILES string of the molecule is CC(C)CCC[C@@H](C)[C@H]1CC[C@H]2[C@@H]3CC=C4C[C@H](CCOCCOCCOCCOCCO)CC[C@]4(C)[C@H]3CC[C@]12C. The highest BCUT2D eigenvalue weighted by atomic mass is 16.6. The summed E-state index contributed by atoms with van der Waals surface area (Å²) < 4.78 is 22.2. The molecule has 0 aromatic rings. The van der Waals surface area contributed by atoms with Gasteiger partial charge in [-0.15, -0.1) is 0 Å². The van der Waals surface area contributed by atoms with Crippen molar-refractivity contribution in [2.75, 3.05) is 59.5 Å². The van der Waals surface area contributed by atoms with E-state index in [1.165, 1.54) is 77.0 Å². The number of rotatable bonds is 19. The molecule has 3 saturated carbocycles. The van der Waals surface area contributed by atoms with Crippen molar-refractivity contribution in [3.8, 4) is 0 Å². The van der Waals surface area contributed by atoms with Gasteiger partial charge in [0.2, 0.25) is 0 Å². The Bertz CT molecular complexity index is 812. The van der Waals surface area contributed by atoms with E-state index in [4.69, 9.17) is 24.1 Å². The summed E-state index contributed by atoms with van der Waals surface area (Å²) >= 11 is 0. The monoisotopic (exact) mass is 590 g/mol. The summed E-state index contributed by atoms with van der Waals surface area (Å²) in [5.41, 5.74) is 2.84. The Kier molecular flexibility index (Phi) is 13.7. The van der Waals surface area contributed by atoms with Crippen molar-refractivity contribution < 1.29 is 24.1 Å². The van der Waals surface area contributed by atoms with E-state index in [0.717, 1.165) is 48.0 Å². The predicted molar refractivity (Wildman–Crippen MR) is 172 cm³/mol. The molecule has 0 spiro atoms. The molecule has 4 rings (SSSR count). The first-order valence-electron chi connectivity index (χ1n) is 17.9. The van der Waals surface area contributed by atoms with E-state index in [9.17, 15) is 0 Å². The minimum absolute atomic E-state index is 0.0563. The van der Waals surface area contributed by atoms with E-state index in [0.29, 0.717) is 57.1 Å². The maximum atomic E-state index is 8.67. The maximum absolute atomic E-state index is 8.67. The molecule has 0 heterocycles. The van der Waals surface area contributed by atoms with E-state index >= 15 is 0 Å². The average Bonchev–Trinajstić information content (AvgIpc) is 3.32. The van der Waals surface area contributed by atoms with Crippen molar-refractivity contribution in [3.05, 3.63) is 11.6 Å². The molecule has 0 bridgehead atoms. The number of ether oxygens (including phenoxy) is 4. The summed E-state index contributed by atoms with van der Waals surface area (Å²) in [5.74, 6) is 6.26. The summed E-state index contributed by atoms with van der Waals surface area (Å²) in [5, 5.41) is 8.67. The van der Waals surface area contributed by atoms with Crippen LogP contribution < -0.4 is 0 Å². The molecule has 42 heavy (non-hydrogen) atoms. The van der Waals surface area contributed by atoms with Gasteiger partial charge in [0.25, 0.3) is 0 Å². The topological polar surface area (TPSA) is 57.2 Å². The molecule has 3 fully saturated rings. The molecule has 0 aromatic heterocycles. The van der Waals surface area contributed by atoms with Gasteiger partial charge in [-0.1, -0.05) is 65.5 Å². The first kappa shape index (κ1) is 34.4. The fraction of sp³-hybridized carbons (Fsp3) is 0.946. The van der Waals surface area contributed by atoms with Gasteiger partial charge in [0, 0.05) is 6.61 Å². The highest BCUT2D eigenvalue weighted by Crippen LogP contribution is 2.67. The Morgan fingerprint density at radius 2 is 1.45 bits per heavy atom. The van der Waals surface area contributed by atoms with Crippen LogP contribution in [0.25, 0.3) is 0 Å².